The van der Waals surface area contributed by atoms with Crippen LogP contribution in [0.4, 0.5) is 0 Å². The van der Waals surface area contributed by atoms with Gasteiger partial charge in [-0.3, -0.25) is 0 Å². The van der Waals surface area contributed by atoms with Gasteiger partial charge in [0.15, 0.2) is 0 Å². The van der Waals surface area contributed by atoms with Gasteiger partial charge in [-0.15, -0.1) is 5.73 Å². The van der Waals surface area contributed by atoms with Gasteiger partial charge in [0.2, 0.25) is 0 Å². The molecule has 1 N–H and O–H groups in total. The molecule has 0 unspecified atom stereocenters. The van der Waals surface area contributed by atoms with Crippen LogP contribution >= 0.6 is 0 Å². The summed E-state index contributed by atoms with van der Waals surface area (Å²) in [5.41, 5.74) is 3.00. The van der Waals surface area contributed by atoms with Crippen LogP contribution < -0.4 is 21.1 Å². The first kappa shape index (κ1) is 6.96. The van der Waals surface area contributed by atoms with Crippen molar-refractivity contribution in [3.8, 4) is 0 Å². The predicted octanol–water partition coefficient (Wildman–Crippen LogP) is -0.879. The fraction of sp³-hybridized carbons (Fsp3) is 0. The summed E-state index contributed by atoms with van der Waals surface area (Å²) in [7, 11) is 0. The standard InChI is InChI=1S/C11H9N/c1-8-10-6-4-3-5-7-11(10)9(2)12-8/h4-7,12H,1-2H2. The van der Waals surface area contributed by atoms with E-state index in [2.05, 4.69) is 23.9 Å². The summed E-state index contributed by atoms with van der Waals surface area (Å²) in [6.07, 6.45) is 7.74. The fourth-order valence-electron chi connectivity index (χ4n) is 1.34. The van der Waals surface area contributed by atoms with E-state index in [1.807, 2.05) is 24.3 Å². The molecule has 1 aromatic heterocycles. The van der Waals surface area contributed by atoms with Gasteiger partial charge >= 0.3 is 0 Å². The lowest BCUT2D eigenvalue weighted by Crippen LogP contribution is -2.35. The number of H-pyrrole nitrogens is 1. The molecule has 0 saturated carbocycles. The zero-order valence-corrected chi connectivity index (χ0v) is 6.72. The van der Waals surface area contributed by atoms with Crippen molar-refractivity contribution in [2.24, 2.45) is 0 Å². The zero-order valence-electron chi connectivity index (χ0n) is 6.72. The minimum atomic E-state index is 0.916. The molecule has 0 saturated heterocycles. The average molecular weight is 155 g/mol. The molecule has 1 heterocycles. The van der Waals surface area contributed by atoms with Gasteiger partial charge in [-0.25, -0.2) is 0 Å². The maximum Gasteiger partial charge on any atom is 0.0391 e. The molecule has 1 aliphatic carbocycles. The molecular formula is C11H9N. The summed E-state index contributed by atoms with van der Waals surface area (Å²) in [4.78, 5) is 3.09. The SMILES string of the molecule is C=c1[nH]c(=C)c2c1=CC=C=CC=2. The highest BCUT2D eigenvalue weighted by Gasteiger charge is 1.90. The van der Waals surface area contributed by atoms with Gasteiger partial charge in [0.1, 0.15) is 0 Å². The lowest BCUT2D eigenvalue weighted by atomic mass is 10.3. The van der Waals surface area contributed by atoms with Crippen LogP contribution in [0.1, 0.15) is 0 Å². The number of fused-ring (bicyclic) bond motifs is 1. The van der Waals surface area contributed by atoms with Crippen molar-refractivity contribution in [1.82, 2.24) is 4.98 Å². The highest BCUT2D eigenvalue weighted by molar-refractivity contribution is 5.47. The molecule has 58 valence electrons. The molecule has 1 nitrogen and oxygen atoms in total. The second kappa shape index (κ2) is 2.40. The van der Waals surface area contributed by atoms with Gasteiger partial charge in [0.25, 0.3) is 0 Å². The van der Waals surface area contributed by atoms with Gasteiger partial charge in [0.05, 0.1) is 0 Å². The van der Waals surface area contributed by atoms with Crippen molar-refractivity contribution < 1.29 is 0 Å². The Bertz CT molecular complexity index is 530. The van der Waals surface area contributed by atoms with Crippen LogP contribution in [0.5, 0.6) is 0 Å². The molecule has 0 atom stereocenters. The van der Waals surface area contributed by atoms with E-state index in [-0.39, 0.29) is 0 Å². The van der Waals surface area contributed by atoms with E-state index in [0.29, 0.717) is 0 Å². The highest BCUT2D eigenvalue weighted by atomic mass is 14.7. The molecule has 1 aromatic rings. The zero-order chi connectivity index (χ0) is 8.55. The summed E-state index contributed by atoms with van der Waals surface area (Å²) >= 11 is 0. The van der Waals surface area contributed by atoms with Gasteiger partial charge in [-0.2, -0.15) is 0 Å². The molecule has 0 bridgehead atoms. The van der Waals surface area contributed by atoms with E-state index in [0.717, 1.165) is 21.1 Å². The number of aromatic nitrogens is 1. The van der Waals surface area contributed by atoms with Crippen molar-refractivity contribution in [3.05, 3.63) is 39.0 Å². The van der Waals surface area contributed by atoms with E-state index >= 15 is 0 Å². The Kier molecular flexibility index (Phi) is 1.39. The molecule has 0 radical (unpaired) electrons. The van der Waals surface area contributed by atoms with Gasteiger partial charge < -0.3 is 4.98 Å². The first-order valence-corrected chi connectivity index (χ1v) is 3.78. The molecule has 1 heteroatoms. The molecule has 1 aliphatic rings. The first-order chi connectivity index (χ1) is 5.79. The van der Waals surface area contributed by atoms with E-state index in [1.165, 1.54) is 0 Å². The average Bonchev–Trinajstić information content (AvgIpc) is 2.29. The quantitative estimate of drug-likeness (QED) is 0.468. The van der Waals surface area contributed by atoms with E-state index in [4.69, 9.17) is 0 Å². The van der Waals surface area contributed by atoms with E-state index in [1.54, 1.807) is 0 Å². The monoisotopic (exact) mass is 155 g/mol. The van der Waals surface area contributed by atoms with Crippen LogP contribution in [0.15, 0.2) is 17.9 Å². The summed E-state index contributed by atoms with van der Waals surface area (Å²) in [5.74, 6) is 0. The van der Waals surface area contributed by atoms with Crippen LogP contribution in [0.2, 0.25) is 0 Å². The minimum Gasteiger partial charge on any atom is -0.355 e. The third-order valence-corrected chi connectivity index (χ3v) is 1.93. The van der Waals surface area contributed by atoms with Crippen molar-refractivity contribution in [3.63, 3.8) is 0 Å². The van der Waals surface area contributed by atoms with Crippen LogP contribution in [0.3, 0.4) is 0 Å². The van der Waals surface area contributed by atoms with Crippen LogP contribution in [0, 0.1) is 0 Å². The lowest BCUT2D eigenvalue weighted by molar-refractivity contribution is 1.27. The van der Waals surface area contributed by atoms with Gasteiger partial charge in [-0.05, 0) is 24.3 Å². The Labute approximate surface area is 70.1 Å². The Morgan fingerprint density at radius 3 is 2.00 bits per heavy atom. The molecule has 0 fully saturated rings. The van der Waals surface area contributed by atoms with Gasteiger partial charge in [-0.1, -0.05) is 13.2 Å². The molecule has 0 spiro atoms. The van der Waals surface area contributed by atoms with Crippen molar-refractivity contribution >= 4 is 25.3 Å². The number of nitrogens with one attached hydrogen (secondary N) is 1. The number of allylic oxidation sites excluding steroid dienone is 1. The Morgan fingerprint density at radius 2 is 1.50 bits per heavy atom. The Morgan fingerprint density at radius 1 is 1.00 bits per heavy atom. The largest absolute Gasteiger partial charge is 0.355 e. The number of rotatable bonds is 0. The van der Waals surface area contributed by atoms with Crippen LogP contribution in [0.25, 0.3) is 25.3 Å². The molecular weight excluding hydrogens is 146 g/mol. The van der Waals surface area contributed by atoms with E-state index < -0.39 is 0 Å². The maximum absolute atomic E-state index is 3.89. The molecule has 2 rings (SSSR count). The molecule has 12 heavy (non-hydrogen) atoms. The Balaban J connectivity index is 3.19. The van der Waals surface area contributed by atoms with Crippen LogP contribution in [-0.2, 0) is 0 Å². The van der Waals surface area contributed by atoms with E-state index in [9.17, 15) is 0 Å². The fourth-order valence-corrected chi connectivity index (χ4v) is 1.34. The van der Waals surface area contributed by atoms with Gasteiger partial charge in [0, 0.05) is 21.1 Å². The smallest absolute Gasteiger partial charge is 0.0391 e. The molecule has 0 aliphatic heterocycles. The molecule has 0 amide bonds. The summed E-state index contributed by atoms with van der Waals surface area (Å²) in [6.45, 7) is 7.78. The highest BCUT2D eigenvalue weighted by Crippen LogP contribution is 1.73. The predicted molar refractivity (Wildman–Crippen MR) is 51.9 cm³/mol. The minimum absolute atomic E-state index is 0.916. The summed E-state index contributed by atoms with van der Waals surface area (Å²) < 4.78 is 0. The second-order valence-electron chi connectivity index (χ2n) is 2.74. The Hall–Kier alpha value is -1.72. The molecule has 0 aromatic carbocycles. The maximum atomic E-state index is 3.89. The number of hydrogen-bond acceptors (Lipinski definition) is 0. The third kappa shape index (κ3) is 0.884. The van der Waals surface area contributed by atoms with Crippen LogP contribution in [-0.4, -0.2) is 4.98 Å². The lowest BCUT2D eigenvalue weighted by Gasteiger charge is -1.72. The topological polar surface area (TPSA) is 15.8 Å². The summed E-state index contributed by atoms with van der Waals surface area (Å²) in [5, 5.41) is 4.06. The number of aromatic amines is 1. The van der Waals surface area contributed by atoms with Crippen molar-refractivity contribution in [2.45, 2.75) is 0 Å². The third-order valence-electron chi connectivity index (χ3n) is 1.93. The normalized spacial score (nSPS) is 13.0. The first-order valence-electron chi connectivity index (χ1n) is 3.78. The second-order valence-corrected chi connectivity index (χ2v) is 2.74. The summed E-state index contributed by atoms with van der Waals surface area (Å²) in [6, 6.07) is 0. The van der Waals surface area contributed by atoms with Crippen molar-refractivity contribution in [2.75, 3.05) is 0 Å². The van der Waals surface area contributed by atoms with Crippen molar-refractivity contribution in [1.29, 1.82) is 0 Å². The number of hydrogen-bond donors (Lipinski definition) is 1.